The minimum Gasteiger partial charge on any atom is -0.380 e. The van der Waals surface area contributed by atoms with Gasteiger partial charge >= 0.3 is 6.18 Å². The summed E-state index contributed by atoms with van der Waals surface area (Å²) in [4.78, 5) is 29.6. The number of rotatable bonds is 10. The molecule has 1 saturated heterocycles. The molecule has 0 aliphatic carbocycles. The van der Waals surface area contributed by atoms with Gasteiger partial charge in [-0.3, -0.25) is 9.59 Å². The second kappa shape index (κ2) is 12.0. The molecule has 6 nitrogen and oxygen atoms in total. The molecule has 200 valence electrons. The van der Waals surface area contributed by atoms with Gasteiger partial charge in [-0.1, -0.05) is 41.9 Å². The third kappa shape index (κ3) is 6.90. The summed E-state index contributed by atoms with van der Waals surface area (Å²) in [6.45, 7) is 1.01. The van der Waals surface area contributed by atoms with Crippen LogP contribution in [0, 0.1) is 5.41 Å². The van der Waals surface area contributed by atoms with Crippen LogP contribution in [0.15, 0.2) is 66.7 Å². The van der Waals surface area contributed by atoms with E-state index in [1.165, 1.54) is 18.2 Å². The first kappa shape index (κ1) is 27.6. The molecule has 1 aromatic heterocycles. The molecule has 1 aliphatic heterocycles. The van der Waals surface area contributed by atoms with Crippen molar-refractivity contribution in [1.82, 2.24) is 10.3 Å². The number of hydrogen-bond acceptors (Lipinski definition) is 5. The first-order valence-electron chi connectivity index (χ1n) is 12.2. The lowest BCUT2D eigenvalue weighted by Gasteiger charge is -2.26. The quantitative estimate of drug-likeness (QED) is 0.222. The van der Waals surface area contributed by atoms with Crippen LogP contribution in [0.3, 0.4) is 0 Å². The summed E-state index contributed by atoms with van der Waals surface area (Å²) in [6.07, 6.45) is -2.67. The number of anilines is 2. The topological polar surface area (TPSA) is 80.3 Å². The Morgan fingerprint density at radius 2 is 1.79 bits per heavy atom. The minimum atomic E-state index is -4.47. The van der Waals surface area contributed by atoms with Gasteiger partial charge in [0.2, 0.25) is 5.91 Å². The van der Waals surface area contributed by atoms with Crippen LogP contribution in [0.25, 0.3) is 0 Å². The van der Waals surface area contributed by atoms with Gasteiger partial charge in [0.05, 0.1) is 23.3 Å². The zero-order valence-electron chi connectivity index (χ0n) is 20.5. The molecule has 0 bridgehead atoms. The van der Waals surface area contributed by atoms with Gasteiger partial charge in [0.15, 0.2) is 5.78 Å². The molecular weight excluding hydrogens is 519 g/mol. The highest BCUT2D eigenvalue weighted by Crippen LogP contribution is 2.36. The van der Waals surface area contributed by atoms with E-state index >= 15 is 0 Å². The lowest BCUT2D eigenvalue weighted by Crippen LogP contribution is -2.41. The molecule has 2 N–H and O–H groups in total. The van der Waals surface area contributed by atoms with Crippen LogP contribution in [-0.4, -0.2) is 29.9 Å². The number of Topliss-reactive ketones (excluding diaryl/α,β-unsaturated/α-hetero) is 1. The van der Waals surface area contributed by atoms with Crippen molar-refractivity contribution in [2.45, 2.75) is 38.4 Å². The van der Waals surface area contributed by atoms with Crippen molar-refractivity contribution in [3.63, 3.8) is 0 Å². The number of nitrogens with one attached hydrogen (secondary N) is 2. The van der Waals surface area contributed by atoms with Gasteiger partial charge < -0.3 is 15.4 Å². The fraction of sp³-hybridized carbons (Fsp3) is 0.321. The molecule has 0 radical (unpaired) electrons. The molecule has 0 spiro atoms. The monoisotopic (exact) mass is 545 g/mol. The van der Waals surface area contributed by atoms with E-state index in [1.54, 1.807) is 42.5 Å². The molecule has 1 unspecified atom stereocenters. The molecule has 2 heterocycles. The molecule has 1 fully saturated rings. The van der Waals surface area contributed by atoms with Gasteiger partial charge in [-0.05, 0) is 61.2 Å². The zero-order chi connectivity index (χ0) is 27.2. The van der Waals surface area contributed by atoms with E-state index < -0.39 is 17.2 Å². The van der Waals surface area contributed by atoms with E-state index in [4.69, 9.17) is 16.3 Å². The van der Waals surface area contributed by atoms with Gasteiger partial charge in [-0.25, -0.2) is 4.98 Å². The largest absolute Gasteiger partial charge is 0.418 e. The fourth-order valence-corrected chi connectivity index (χ4v) is 4.61. The van der Waals surface area contributed by atoms with Gasteiger partial charge in [-0.15, -0.1) is 0 Å². The number of para-hydroxylation sites is 1. The van der Waals surface area contributed by atoms with Gasteiger partial charge in [0, 0.05) is 25.3 Å². The first-order chi connectivity index (χ1) is 18.2. The number of alkyl halides is 3. The molecule has 4 rings (SSSR count). The number of carbonyl (C=O) groups is 2. The maximum absolute atomic E-state index is 13.2. The van der Waals surface area contributed by atoms with Crippen molar-refractivity contribution >= 4 is 34.7 Å². The second-order valence-electron chi connectivity index (χ2n) is 9.25. The summed E-state index contributed by atoms with van der Waals surface area (Å²) in [7, 11) is 0. The highest BCUT2D eigenvalue weighted by Gasteiger charge is 2.41. The van der Waals surface area contributed by atoms with E-state index in [2.05, 4.69) is 15.6 Å². The summed E-state index contributed by atoms with van der Waals surface area (Å²) < 4.78 is 45.3. The summed E-state index contributed by atoms with van der Waals surface area (Å²) in [5.74, 6) is -0.279. The van der Waals surface area contributed by atoms with Gasteiger partial charge in [0.1, 0.15) is 10.8 Å². The molecule has 0 saturated carbocycles. The van der Waals surface area contributed by atoms with E-state index in [-0.39, 0.29) is 42.1 Å². The molecule has 2 aromatic carbocycles. The minimum absolute atomic E-state index is 0.0335. The number of amides is 1. The highest BCUT2D eigenvalue weighted by molar-refractivity contribution is 6.29. The van der Waals surface area contributed by atoms with Crippen molar-refractivity contribution in [2.75, 3.05) is 18.5 Å². The third-order valence-electron chi connectivity index (χ3n) is 6.56. The molecule has 38 heavy (non-hydrogen) atoms. The van der Waals surface area contributed by atoms with Crippen molar-refractivity contribution in [1.29, 1.82) is 0 Å². The Bertz CT molecular complexity index is 1280. The molecule has 1 amide bonds. The average Bonchev–Trinajstić information content (AvgIpc) is 3.38. The second-order valence-corrected chi connectivity index (χ2v) is 9.64. The number of ether oxygens (including phenoxy) is 1. The SMILES string of the molecule is O=C(CCCC1(C(=O)NCc2ccc(Nc3ccccc3C(F)(F)F)cc2)CCOC1)c1cccc(Cl)n1. The number of nitrogens with zero attached hydrogens (tertiary/aromatic N) is 1. The normalized spacial score (nSPS) is 17.3. The van der Waals surface area contributed by atoms with E-state index in [0.717, 1.165) is 11.6 Å². The summed E-state index contributed by atoms with van der Waals surface area (Å²) in [6, 6.07) is 17.0. The molecular formula is C28H27ClF3N3O3. The van der Waals surface area contributed by atoms with E-state index in [9.17, 15) is 22.8 Å². The first-order valence-corrected chi connectivity index (χ1v) is 12.6. The lowest BCUT2D eigenvalue weighted by atomic mass is 9.80. The number of pyridine rings is 1. The van der Waals surface area contributed by atoms with Crippen LogP contribution < -0.4 is 10.6 Å². The van der Waals surface area contributed by atoms with E-state index in [0.29, 0.717) is 37.3 Å². The van der Waals surface area contributed by atoms with Crippen LogP contribution in [0.4, 0.5) is 24.5 Å². The number of hydrogen-bond donors (Lipinski definition) is 2. The number of halogens is 4. The van der Waals surface area contributed by atoms with E-state index in [1.807, 2.05) is 0 Å². The van der Waals surface area contributed by atoms with Crippen LogP contribution in [-0.2, 0) is 22.3 Å². The maximum atomic E-state index is 13.2. The van der Waals surface area contributed by atoms with Crippen molar-refractivity contribution in [3.05, 3.63) is 88.7 Å². The van der Waals surface area contributed by atoms with Gasteiger partial charge in [0.25, 0.3) is 0 Å². The summed E-state index contributed by atoms with van der Waals surface area (Å²) in [5, 5.41) is 6.02. The molecule has 10 heteroatoms. The molecule has 3 aromatic rings. The highest BCUT2D eigenvalue weighted by atomic mass is 35.5. The molecule has 1 aliphatic rings. The Morgan fingerprint density at radius 3 is 2.47 bits per heavy atom. The van der Waals surface area contributed by atoms with Gasteiger partial charge in [-0.2, -0.15) is 13.2 Å². The Hall–Kier alpha value is -3.43. The number of benzene rings is 2. The zero-order valence-corrected chi connectivity index (χ0v) is 21.2. The molecule has 1 atom stereocenters. The number of aromatic nitrogens is 1. The Kier molecular flexibility index (Phi) is 8.69. The maximum Gasteiger partial charge on any atom is 0.418 e. The van der Waals surface area contributed by atoms with Crippen LogP contribution >= 0.6 is 11.6 Å². The number of carbonyl (C=O) groups excluding carboxylic acids is 2. The summed E-state index contributed by atoms with van der Waals surface area (Å²) >= 11 is 5.87. The van der Waals surface area contributed by atoms with Crippen LogP contribution in [0.5, 0.6) is 0 Å². The lowest BCUT2D eigenvalue weighted by molar-refractivity contribution is -0.137. The van der Waals surface area contributed by atoms with Crippen molar-refractivity contribution in [2.24, 2.45) is 5.41 Å². The Labute approximate surface area is 223 Å². The fourth-order valence-electron chi connectivity index (χ4n) is 4.45. The van der Waals surface area contributed by atoms with Crippen LogP contribution in [0.1, 0.15) is 47.3 Å². The predicted molar refractivity (Wildman–Crippen MR) is 138 cm³/mol. The van der Waals surface area contributed by atoms with Crippen molar-refractivity contribution < 1.29 is 27.5 Å². The number of ketones is 1. The van der Waals surface area contributed by atoms with Crippen LogP contribution in [0.2, 0.25) is 5.15 Å². The smallest absolute Gasteiger partial charge is 0.380 e. The average molecular weight is 546 g/mol. The Balaban J connectivity index is 1.31. The predicted octanol–water partition coefficient (Wildman–Crippen LogP) is 6.57. The standard InChI is InChI=1S/C28H27ClF3N3O3/c29-25-9-3-7-23(35-25)24(36)8-4-14-27(15-16-38-18-27)26(37)33-17-19-10-12-20(13-11-19)34-22-6-2-1-5-21(22)28(30,31)32/h1-3,5-7,9-13,34H,4,8,14-18H2,(H,33,37). The van der Waals surface area contributed by atoms with Crippen molar-refractivity contribution in [3.8, 4) is 0 Å². The third-order valence-corrected chi connectivity index (χ3v) is 6.77. The summed E-state index contributed by atoms with van der Waals surface area (Å²) in [5.41, 5.74) is 0.101. The Morgan fingerprint density at radius 1 is 1.03 bits per heavy atom.